The van der Waals surface area contributed by atoms with Gasteiger partial charge in [0, 0.05) is 25.2 Å². The number of hydrogen-bond acceptors (Lipinski definition) is 9. The summed E-state index contributed by atoms with van der Waals surface area (Å²) in [5, 5.41) is 25.8. The number of amides is 4. The molecule has 0 aliphatic carbocycles. The van der Waals surface area contributed by atoms with Crippen LogP contribution in [0.5, 0.6) is 0 Å². The highest BCUT2D eigenvalue weighted by molar-refractivity contribution is 7.89. The fraction of sp³-hybridized carbons (Fsp3) is 0.400. The monoisotopic (exact) mass is 742 g/mol. The Labute approximate surface area is 302 Å². The molecular weight excluding hydrogens is 700 g/mol. The normalized spacial score (nSPS) is 15.5. The summed E-state index contributed by atoms with van der Waals surface area (Å²) in [5.41, 5.74) is 7.10. The molecule has 3 aromatic rings. The minimum atomic E-state index is -4.17. The number of aliphatic hydroxyl groups is 1. The Morgan fingerprint density at radius 2 is 1.67 bits per heavy atom. The zero-order chi connectivity index (χ0) is 37.6. The van der Waals surface area contributed by atoms with E-state index in [1.54, 1.807) is 26.0 Å². The van der Waals surface area contributed by atoms with E-state index >= 15 is 0 Å². The number of nitrogen functional groups attached to an aromatic ring is 1. The van der Waals surface area contributed by atoms with Gasteiger partial charge in [0.2, 0.25) is 15.9 Å². The third-order valence-electron chi connectivity index (χ3n) is 8.46. The number of nitrogens with zero attached hydrogens (tertiary/aromatic N) is 4. The number of sulfonamides is 1. The van der Waals surface area contributed by atoms with Crippen LogP contribution < -0.4 is 11.1 Å². The van der Waals surface area contributed by atoms with Gasteiger partial charge in [-0.05, 0) is 47.6 Å². The lowest BCUT2D eigenvalue weighted by Gasteiger charge is -2.34. The van der Waals surface area contributed by atoms with Crippen molar-refractivity contribution in [1.29, 1.82) is 0 Å². The number of hydrogen-bond donors (Lipinski definition) is 3. The minimum absolute atomic E-state index is 0.0531. The fourth-order valence-electron chi connectivity index (χ4n) is 5.91. The molecular formula is C35H43ClN6O8S. The molecule has 1 unspecified atom stereocenters. The van der Waals surface area contributed by atoms with Gasteiger partial charge in [-0.15, -0.1) is 0 Å². The van der Waals surface area contributed by atoms with Crippen LogP contribution in [0.15, 0.2) is 77.7 Å². The lowest BCUT2D eigenvalue weighted by molar-refractivity contribution is -0.384. The molecule has 274 valence electrons. The number of nitro benzene ring substituents is 1. The van der Waals surface area contributed by atoms with Gasteiger partial charge in [0.1, 0.15) is 12.6 Å². The maximum absolute atomic E-state index is 14.1. The highest BCUT2D eigenvalue weighted by Gasteiger charge is 2.44. The van der Waals surface area contributed by atoms with Crippen molar-refractivity contribution in [1.82, 2.24) is 19.4 Å². The van der Waals surface area contributed by atoms with E-state index < -0.39 is 56.9 Å². The average Bonchev–Trinajstić information content (AvgIpc) is 3.33. The second-order valence-electron chi connectivity index (χ2n) is 13.3. The van der Waals surface area contributed by atoms with Crippen molar-refractivity contribution in [2.45, 2.75) is 63.7 Å². The SMILES string of the molecule is CC(C)CN(C[C@@H](O)[C@H](Cc1ccccc1)NC(=O)C(C(C)C)N1CC(=O)N(Cc2ccc([N+](=O)[O-])cc2)C1=O)S(=O)(=O)c1ccc(Cl)c(N)c1. The van der Waals surface area contributed by atoms with Gasteiger partial charge in [-0.25, -0.2) is 13.2 Å². The lowest BCUT2D eigenvalue weighted by atomic mass is 9.97. The molecule has 1 fully saturated rings. The maximum Gasteiger partial charge on any atom is 0.328 e. The van der Waals surface area contributed by atoms with E-state index in [0.717, 1.165) is 14.8 Å². The second-order valence-corrected chi connectivity index (χ2v) is 15.6. The van der Waals surface area contributed by atoms with Gasteiger partial charge in [0.15, 0.2) is 0 Å². The molecule has 0 spiro atoms. The Balaban J connectivity index is 1.59. The van der Waals surface area contributed by atoms with Crippen molar-refractivity contribution >= 4 is 50.8 Å². The molecule has 51 heavy (non-hydrogen) atoms. The summed E-state index contributed by atoms with van der Waals surface area (Å²) < 4.78 is 28.8. The number of carbonyl (C=O) groups excluding carboxylic acids is 3. The van der Waals surface area contributed by atoms with Crippen LogP contribution in [0.1, 0.15) is 38.8 Å². The summed E-state index contributed by atoms with van der Waals surface area (Å²) in [6.07, 6.45) is -1.28. The number of urea groups is 1. The van der Waals surface area contributed by atoms with Crippen LogP contribution in [0.3, 0.4) is 0 Å². The van der Waals surface area contributed by atoms with Crippen molar-refractivity contribution in [3.05, 3.63) is 99.1 Å². The second kappa shape index (κ2) is 16.6. The van der Waals surface area contributed by atoms with Crippen molar-refractivity contribution in [2.75, 3.05) is 25.4 Å². The molecule has 1 aliphatic heterocycles. The quantitative estimate of drug-likeness (QED) is 0.0839. The van der Waals surface area contributed by atoms with E-state index in [4.69, 9.17) is 17.3 Å². The lowest BCUT2D eigenvalue weighted by Crippen LogP contribution is -2.57. The first kappa shape index (κ1) is 39.2. The molecule has 0 radical (unpaired) electrons. The molecule has 3 atom stereocenters. The summed E-state index contributed by atoms with van der Waals surface area (Å²) >= 11 is 6.04. The van der Waals surface area contributed by atoms with Gasteiger partial charge in [-0.3, -0.25) is 24.6 Å². The molecule has 16 heteroatoms. The third-order valence-corrected chi connectivity index (χ3v) is 10.6. The zero-order valence-corrected chi connectivity index (χ0v) is 30.4. The minimum Gasteiger partial charge on any atom is -0.397 e. The first-order chi connectivity index (χ1) is 24.0. The van der Waals surface area contributed by atoms with Crippen LogP contribution in [0.25, 0.3) is 0 Å². The van der Waals surface area contributed by atoms with Crippen LogP contribution >= 0.6 is 11.6 Å². The smallest absolute Gasteiger partial charge is 0.328 e. The summed E-state index contributed by atoms with van der Waals surface area (Å²) in [7, 11) is -4.17. The number of anilines is 1. The van der Waals surface area contributed by atoms with Crippen LogP contribution in [-0.2, 0) is 32.6 Å². The molecule has 4 rings (SSSR count). The van der Waals surface area contributed by atoms with Crippen molar-refractivity contribution in [3.8, 4) is 0 Å². The van der Waals surface area contributed by atoms with Gasteiger partial charge in [0.05, 0.1) is 39.2 Å². The number of nitrogens with two attached hydrogens (primary N) is 1. The summed E-state index contributed by atoms with van der Waals surface area (Å²) in [6, 6.07) is 15.6. The molecule has 0 saturated carbocycles. The highest BCUT2D eigenvalue weighted by Crippen LogP contribution is 2.27. The average molecular weight is 743 g/mol. The summed E-state index contributed by atoms with van der Waals surface area (Å²) in [5.74, 6) is -1.78. The number of aliphatic hydroxyl groups excluding tert-OH is 1. The van der Waals surface area contributed by atoms with Gasteiger partial charge in [-0.2, -0.15) is 4.31 Å². The van der Waals surface area contributed by atoms with E-state index in [9.17, 15) is 38.0 Å². The molecule has 14 nitrogen and oxygen atoms in total. The van der Waals surface area contributed by atoms with Crippen LogP contribution in [0.4, 0.5) is 16.2 Å². The Bertz CT molecular complexity index is 1840. The van der Waals surface area contributed by atoms with Gasteiger partial charge in [-0.1, -0.05) is 81.8 Å². The Hall–Kier alpha value is -4.57. The van der Waals surface area contributed by atoms with Crippen molar-refractivity contribution in [3.63, 3.8) is 0 Å². The Morgan fingerprint density at radius 1 is 1.02 bits per heavy atom. The fourth-order valence-corrected chi connectivity index (χ4v) is 7.68. The van der Waals surface area contributed by atoms with Crippen LogP contribution in [-0.4, -0.2) is 88.2 Å². The number of nitrogens with one attached hydrogen (secondary N) is 1. The number of nitro groups is 1. The molecule has 3 aromatic carbocycles. The summed E-state index contributed by atoms with van der Waals surface area (Å²) in [6.45, 7) is 6.26. The number of carbonyl (C=O) groups is 3. The molecule has 0 bridgehead atoms. The van der Waals surface area contributed by atoms with Crippen LogP contribution in [0, 0.1) is 22.0 Å². The Kier molecular flexibility index (Phi) is 12.8. The number of halogens is 1. The van der Waals surface area contributed by atoms with E-state index in [2.05, 4.69) is 5.32 Å². The van der Waals surface area contributed by atoms with Gasteiger partial charge in [0.25, 0.3) is 11.6 Å². The van der Waals surface area contributed by atoms with Crippen molar-refractivity contribution in [2.24, 2.45) is 11.8 Å². The Morgan fingerprint density at radius 3 is 2.24 bits per heavy atom. The van der Waals surface area contributed by atoms with Gasteiger partial charge >= 0.3 is 6.03 Å². The molecule has 4 N–H and O–H groups in total. The standard InChI is InChI=1S/C35H43ClN6O8S/c1-22(2)18-39(51(49,50)27-14-15-28(36)29(37)17-27)20-31(43)30(16-24-8-6-5-7-9-24)38-34(45)33(23(3)4)41-21-32(44)40(35(41)46)19-25-10-12-26(13-11-25)42(47)48/h5-15,17,22-23,30-31,33,43H,16,18-21,37H2,1-4H3,(H,38,45)/t30-,31+,33?/m0/s1. The number of rotatable bonds is 16. The van der Waals surface area contributed by atoms with E-state index in [1.807, 2.05) is 32.0 Å². The maximum atomic E-state index is 14.1. The number of non-ortho nitro benzene ring substituents is 1. The highest BCUT2D eigenvalue weighted by atomic mass is 35.5. The van der Waals surface area contributed by atoms with E-state index in [0.29, 0.717) is 5.56 Å². The van der Waals surface area contributed by atoms with Crippen molar-refractivity contribution < 1.29 is 32.8 Å². The van der Waals surface area contributed by atoms with E-state index in [1.165, 1.54) is 47.4 Å². The zero-order valence-electron chi connectivity index (χ0n) is 28.8. The molecule has 1 saturated heterocycles. The number of benzene rings is 3. The molecule has 1 heterocycles. The van der Waals surface area contributed by atoms with Gasteiger partial charge < -0.3 is 21.1 Å². The predicted molar refractivity (Wildman–Crippen MR) is 192 cm³/mol. The topological polar surface area (TPSA) is 196 Å². The predicted octanol–water partition coefficient (Wildman–Crippen LogP) is 4.05. The number of imide groups is 1. The summed E-state index contributed by atoms with van der Waals surface area (Å²) in [4.78, 5) is 53.3. The molecule has 1 aliphatic rings. The largest absolute Gasteiger partial charge is 0.397 e. The molecule has 0 aromatic heterocycles. The molecule has 4 amide bonds. The van der Waals surface area contributed by atoms with E-state index in [-0.39, 0.29) is 59.8 Å². The first-order valence-corrected chi connectivity index (χ1v) is 18.2. The van der Waals surface area contributed by atoms with Crippen LogP contribution in [0.2, 0.25) is 5.02 Å². The third kappa shape index (κ3) is 9.61. The first-order valence-electron chi connectivity index (χ1n) is 16.4.